The molecular formula is C11H20O10. The molecule has 0 aromatic rings. The zero-order valence-corrected chi connectivity index (χ0v) is 11.0. The topological polar surface area (TPSA) is 169 Å². The predicted molar refractivity (Wildman–Crippen MR) is 62.6 cm³/mol. The number of aliphatic hydroxyl groups excluding tert-OH is 7. The van der Waals surface area contributed by atoms with Crippen LogP contribution in [0.4, 0.5) is 0 Å². The molecule has 21 heavy (non-hydrogen) atoms. The van der Waals surface area contributed by atoms with E-state index in [4.69, 9.17) is 14.2 Å². The summed E-state index contributed by atoms with van der Waals surface area (Å²) in [7, 11) is 0. The van der Waals surface area contributed by atoms with E-state index >= 15 is 0 Å². The Kier molecular flexibility index (Phi) is 5.48. The van der Waals surface area contributed by atoms with E-state index in [2.05, 4.69) is 0 Å². The summed E-state index contributed by atoms with van der Waals surface area (Å²) < 4.78 is 15.1. The molecule has 2 fully saturated rings. The van der Waals surface area contributed by atoms with E-state index in [9.17, 15) is 35.7 Å². The molecule has 2 heterocycles. The van der Waals surface area contributed by atoms with Gasteiger partial charge in [-0.25, -0.2) is 0 Å². The molecule has 0 aliphatic carbocycles. The molecule has 0 spiro atoms. The maximum absolute atomic E-state index is 9.87. The standard InChI is InChI=1S/C11H20O10/c12-1-4-9(6(15)7(16)10(18)20-4)21-11-8(17)5(14)3(13)2-19-11/h3-18H,1-2H2/t3-,4-,5+,6+,7-,8-,9-,10?,11+/m1/s1. The van der Waals surface area contributed by atoms with E-state index in [-0.39, 0.29) is 6.61 Å². The summed E-state index contributed by atoms with van der Waals surface area (Å²) in [6, 6.07) is 0. The highest BCUT2D eigenvalue weighted by Crippen LogP contribution is 2.26. The molecular weight excluding hydrogens is 292 g/mol. The predicted octanol–water partition coefficient (Wildman–Crippen LogP) is -4.76. The average Bonchev–Trinajstić information content (AvgIpc) is 2.47. The van der Waals surface area contributed by atoms with Crippen LogP contribution in [0.3, 0.4) is 0 Å². The van der Waals surface area contributed by atoms with Crippen molar-refractivity contribution in [1.29, 1.82) is 0 Å². The zero-order chi connectivity index (χ0) is 15.7. The van der Waals surface area contributed by atoms with Crippen molar-refractivity contribution >= 4 is 0 Å². The summed E-state index contributed by atoms with van der Waals surface area (Å²) in [5.74, 6) is 0. The molecule has 0 saturated carbocycles. The Labute approximate surface area is 119 Å². The van der Waals surface area contributed by atoms with Crippen LogP contribution in [0.2, 0.25) is 0 Å². The number of aliphatic hydroxyl groups is 7. The third-order valence-electron chi connectivity index (χ3n) is 3.58. The number of ether oxygens (including phenoxy) is 3. The van der Waals surface area contributed by atoms with Crippen molar-refractivity contribution in [1.82, 2.24) is 0 Å². The van der Waals surface area contributed by atoms with E-state index in [1.54, 1.807) is 0 Å². The number of rotatable bonds is 3. The van der Waals surface area contributed by atoms with Crippen LogP contribution >= 0.6 is 0 Å². The Balaban J connectivity index is 2.05. The second kappa shape index (κ2) is 6.79. The van der Waals surface area contributed by atoms with E-state index in [1.165, 1.54) is 0 Å². The van der Waals surface area contributed by atoms with Crippen molar-refractivity contribution in [3.63, 3.8) is 0 Å². The van der Waals surface area contributed by atoms with Crippen LogP contribution in [-0.2, 0) is 14.2 Å². The summed E-state index contributed by atoms with van der Waals surface area (Å²) in [5, 5.41) is 66.5. The maximum atomic E-state index is 9.87. The third kappa shape index (κ3) is 3.35. The Morgan fingerprint density at radius 2 is 1.57 bits per heavy atom. The van der Waals surface area contributed by atoms with Crippen LogP contribution in [0.25, 0.3) is 0 Å². The lowest BCUT2D eigenvalue weighted by atomic mass is 9.98. The normalized spacial score (nSPS) is 51.9. The van der Waals surface area contributed by atoms with Crippen molar-refractivity contribution in [3.8, 4) is 0 Å². The summed E-state index contributed by atoms with van der Waals surface area (Å²) in [5.41, 5.74) is 0. The van der Waals surface area contributed by atoms with Crippen molar-refractivity contribution in [3.05, 3.63) is 0 Å². The smallest absolute Gasteiger partial charge is 0.186 e. The number of hydrogen-bond acceptors (Lipinski definition) is 10. The van der Waals surface area contributed by atoms with Gasteiger partial charge in [-0.05, 0) is 0 Å². The average molecular weight is 312 g/mol. The minimum absolute atomic E-state index is 0.304. The van der Waals surface area contributed by atoms with Crippen LogP contribution in [0.1, 0.15) is 0 Å². The van der Waals surface area contributed by atoms with Crippen LogP contribution in [0.15, 0.2) is 0 Å². The van der Waals surface area contributed by atoms with Crippen molar-refractivity contribution in [2.24, 2.45) is 0 Å². The summed E-state index contributed by atoms with van der Waals surface area (Å²) in [4.78, 5) is 0. The Morgan fingerprint density at radius 1 is 0.905 bits per heavy atom. The molecule has 9 atom stereocenters. The molecule has 2 saturated heterocycles. The van der Waals surface area contributed by atoms with Crippen LogP contribution in [0, 0.1) is 0 Å². The van der Waals surface area contributed by atoms with Crippen molar-refractivity contribution in [2.75, 3.05) is 13.2 Å². The van der Waals surface area contributed by atoms with Gasteiger partial charge in [0.15, 0.2) is 12.6 Å². The van der Waals surface area contributed by atoms with Crippen molar-refractivity contribution < 1.29 is 50.0 Å². The minimum atomic E-state index is -1.69. The first-order chi connectivity index (χ1) is 9.86. The lowest BCUT2D eigenvalue weighted by molar-refractivity contribution is -0.342. The second-order valence-corrected chi connectivity index (χ2v) is 5.08. The van der Waals surface area contributed by atoms with Gasteiger partial charge in [0.05, 0.1) is 13.2 Å². The molecule has 0 amide bonds. The van der Waals surface area contributed by atoms with Gasteiger partial charge < -0.3 is 50.0 Å². The van der Waals surface area contributed by atoms with Gasteiger partial charge in [0.25, 0.3) is 0 Å². The van der Waals surface area contributed by atoms with Gasteiger partial charge in [-0.1, -0.05) is 0 Å². The first-order valence-corrected chi connectivity index (χ1v) is 6.48. The first kappa shape index (κ1) is 17.0. The molecule has 2 rings (SSSR count). The van der Waals surface area contributed by atoms with Crippen LogP contribution in [-0.4, -0.2) is 104 Å². The monoisotopic (exact) mass is 312 g/mol. The van der Waals surface area contributed by atoms with Gasteiger partial charge in [0.1, 0.15) is 42.7 Å². The molecule has 2 aliphatic rings. The summed E-state index contributed by atoms with van der Waals surface area (Å²) in [6.45, 7) is -0.930. The Hall–Kier alpha value is -0.400. The van der Waals surface area contributed by atoms with Gasteiger partial charge in [-0.2, -0.15) is 0 Å². The Morgan fingerprint density at radius 3 is 2.19 bits per heavy atom. The fourth-order valence-electron chi connectivity index (χ4n) is 2.29. The van der Waals surface area contributed by atoms with Crippen LogP contribution in [0.5, 0.6) is 0 Å². The van der Waals surface area contributed by atoms with E-state index in [0.717, 1.165) is 0 Å². The Bertz CT molecular complexity index is 339. The van der Waals surface area contributed by atoms with Crippen LogP contribution < -0.4 is 0 Å². The molecule has 10 nitrogen and oxygen atoms in total. The molecule has 7 N–H and O–H groups in total. The van der Waals surface area contributed by atoms with Gasteiger partial charge >= 0.3 is 0 Å². The SMILES string of the molecule is OC[C@H]1OC(O)[C@H](O)[C@H](O)[C@@H]1O[C@@H]1OC[C@@H](O)[C@H](O)[C@H]1O. The molecule has 0 aromatic heterocycles. The van der Waals surface area contributed by atoms with Gasteiger partial charge in [-0.3, -0.25) is 0 Å². The first-order valence-electron chi connectivity index (χ1n) is 6.48. The van der Waals surface area contributed by atoms with E-state index < -0.39 is 61.9 Å². The third-order valence-corrected chi connectivity index (χ3v) is 3.58. The zero-order valence-electron chi connectivity index (χ0n) is 11.0. The molecule has 0 aromatic carbocycles. The molecule has 0 bridgehead atoms. The fourth-order valence-corrected chi connectivity index (χ4v) is 2.29. The van der Waals surface area contributed by atoms with Gasteiger partial charge in [-0.15, -0.1) is 0 Å². The molecule has 124 valence electrons. The lowest BCUT2D eigenvalue weighted by Crippen LogP contribution is -2.62. The molecule has 10 heteroatoms. The highest BCUT2D eigenvalue weighted by molar-refractivity contribution is 4.91. The quantitative estimate of drug-likeness (QED) is 0.268. The van der Waals surface area contributed by atoms with Gasteiger partial charge in [0.2, 0.25) is 0 Å². The maximum Gasteiger partial charge on any atom is 0.186 e. The lowest BCUT2D eigenvalue weighted by Gasteiger charge is -2.43. The highest BCUT2D eigenvalue weighted by Gasteiger charge is 2.48. The minimum Gasteiger partial charge on any atom is -0.394 e. The second-order valence-electron chi connectivity index (χ2n) is 5.08. The van der Waals surface area contributed by atoms with E-state index in [0.29, 0.717) is 0 Å². The van der Waals surface area contributed by atoms with Crippen molar-refractivity contribution in [2.45, 2.75) is 55.3 Å². The van der Waals surface area contributed by atoms with Gasteiger partial charge in [0, 0.05) is 0 Å². The summed E-state index contributed by atoms with van der Waals surface area (Å²) in [6.07, 6.45) is -13.2. The molecule has 1 unspecified atom stereocenters. The highest BCUT2D eigenvalue weighted by atomic mass is 16.7. The largest absolute Gasteiger partial charge is 0.394 e. The van der Waals surface area contributed by atoms with E-state index in [1.807, 2.05) is 0 Å². The summed E-state index contributed by atoms with van der Waals surface area (Å²) >= 11 is 0. The number of hydrogen-bond donors (Lipinski definition) is 7. The molecule has 2 aliphatic heterocycles. The molecule has 0 radical (unpaired) electrons. The fraction of sp³-hybridized carbons (Fsp3) is 1.00.